The van der Waals surface area contributed by atoms with E-state index in [1.807, 2.05) is 31.2 Å². The van der Waals surface area contributed by atoms with Crippen molar-refractivity contribution >= 4 is 11.8 Å². The lowest BCUT2D eigenvalue weighted by atomic mass is 9.95. The number of aryl methyl sites for hydroxylation is 1. The Labute approximate surface area is 178 Å². The van der Waals surface area contributed by atoms with E-state index >= 15 is 0 Å². The molecular weight excluding hydrogens is 379 g/mol. The zero-order valence-electron chi connectivity index (χ0n) is 17.9. The molecule has 1 saturated carbocycles. The molecule has 0 radical (unpaired) electrons. The normalized spacial score (nSPS) is 15.4. The van der Waals surface area contributed by atoms with Crippen LogP contribution in [0.3, 0.4) is 0 Å². The number of hydrogen-bond donors (Lipinski definition) is 1. The van der Waals surface area contributed by atoms with Crippen LogP contribution >= 0.6 is 0 Å². The number of benzene rings is 2. The highest BCUT2D eigenvalue weighted by atomic mass is 19.1. The van der Waals surface area contributed by atoms with Gasteiger partial charge in [-0.15, -0.1) is 0 Å². The first-order chi connectivity index (χ1) is 14.4. The average molecular weight is 411 g/mol. The Morgan fingerprint density at radius 2 is 1.60 bits per heavy atom. The van der Waals surface area contributed by atoms with Crippen molar-refractivity contribution in [2.24, 2.45) is 0 Å². The molecule has 3 rings (SSSR count). The lowest BCUT2D eigenvalue weighted by molar-refractivity contribution is -0.140. The summed E-state index contributed by atoms with van der Waals surface area (Å²) in [6, 6.07) is 13.5. The summed E-state index contributed by atoms with van der Waals surface area (Å²) in [5.41, 5.74) is 2.85. The van der Waals surface area contributed by atoms with Crippen LogP contribution in [0.25, 0.3) is 0 Å². The van der Waals surface area contributed by atoms with Crippen LogP contribution in [0.1, 0.15) is 55.7 Å². The first kappa shape index (κ1) is 22.0. The van der Waals surface area contributed by atoms with Crippen molar-refractivity contribution in [2.75, 3.05) is 0 Å². The van der Waals surface area contributed by atoms with Crippen molar-refractivity contribution < 1.29 is 14.0 Å². The summed E-state index contributed by atoms with van der Waals surface area (Å²) >= 11 is 0. The maximum Gasteiger partial charge on any atom is 0.242 e. The molecule has 2 amide bonds. The maximum atomic E-state index is 13.2. The monoisotopic (exact) mass is 410 g/mol. The molecule has 0 spiro atoms. The van der Waals surface area contributed by atoms with Crippen molar-refractivity contribution in [1.29, 1.82) is 0 Å². The van der Waals surface area contributed by atoms with Crippen LogP contribution in [-0.2, 0) is 22.6 Å². The van der Waals surface area contributed by atoms with Gasteiger partial charge in [0.05, 0.1) is 6.42 Å². The van der Waals surface area contributed by atoms with Crippen LogP contribution in [0, 0.1) is 12.7 Å². The fraction of sp³-hybridized carbons (Fsp3) is 0.440. The summed E-state index contributed by atoms with van der Waals surface area (Å²) in [6.07, 6.45) is 5.62. The Bertz CT molecular complexity index is 842. The zero-order valence-corrected chi connectivity index (χ0v) is 17.9. The lowest BCUT2D eigenvalue weighted by Crippen LogP contribution is -2.50. The molecule has 4 nitrogen and oxygen atoms in total. The van der Waals surface area contributed by atoms with Gasteiger partial charge in [-0.05, 0) is 49.9 Å². The van der Waals surface area contributed by atoms with Gasteiger partial charge >= 0.3 is 0 Å². The summed E-state index contributed by atoms with van der Waals surface area (Å²) in [6.45, 7) is 4.16. The van der Waals surface area contributed by atoms with E-state index < -0.39 is 6.04 Å². The minimum atomic E-state index is -0.582. The molecule has 5 heteroatoms. The number of hydrogen-bond acceptors (Lipinski definition) is 2. The molecule has 0 heterocycles. The van der Waals surface area contributed by atoms with Gasteiger partial charge in [-0.25, -0.2) is 4.39 Å². The standard InChI is InChI=1S/C25H31FN2O2/c1-18-8-10-21(11-9-18)17-28(24(29)16-20-12-14-22(26)15-13-20)19(2)25(30)27-23-6-4-3-5-7-23/h8-15,19,23H,3-7,16-17H2,1-2H3,(H,27,30)/t19-/m0/s1. The molecule has 1 fully saturated rings. The van der Waals surface area contributed by atoms with Crippen LogP contribution < -0.4 is 5.32 Å². The Morgan fingerprint density at radius 1 is 1.00 bits per heavy atom. The van der Waals surface area contributed by atoms with Gasteiger partial charge in [0, 0.05) is 12.6 Å². The molecule has 1 aliphatic carbocycles. The van der Waals surface area contributed by atoms with Crippen LogP contribution in [-0.4, -0.2) is 28.8 Å². The van der Waals surface area contributed by atoms with E-state index in [4.69, 9.17) is 0 Å². The Morgan fingerprint density at radius 3 is 2.23 bits per heavy atom. The van der Waals surface area contributed by atoms with Crippen molar-refractivity contribution in [3.63, 3.8) is 0 Å². The van der Waals surface area contributed by atoms with Gasteiger partial charge in [0.2, 0.25) is 11.8 Å². The average Bonchev–Trinajstić information content (AvgIpc) is 2.75. The Hall–Kier alpha value is -2.69. The van der Waals surface area contributed by atoms with Crippen LogP contribution in [0.4, 0.5) is 4.39 Å². The van der Waals surface area contributed by atoms with Gasteiger partial charge in [0.25, 0.3) is 0 Å². The van der Waals surface area contributed by atoms with Gasteiger partial charge in [0.1, 0.15) is 11.9 Å². The molecule has 1 N–H and O–H groups in total. The van der Waals surface area contributed by atoms with Crippen LogP contribution in [0.2, 0.25) is 0 Å². The second kappa shape index (κ2) is 10.4. The fourth-order valence-electron chi connectivity index (χ4n) is 3.92. The van der Waals surface area contributed by atoms with Crippen LogP contribution in [0.5, 0.6) is 0 Å². The van der Waals surface area contributed by atoms with Crippen molar-refractivity contribution in [3.8, 4) is 0 Å². The highest BCUT2D eigenvalue weighted by molar-refractivity contribution is 5.88. The molecule has 0 saturated heterocycles. The number of amides is 2. The van der Waals surface area contributed by atoms with E-state index in [-0.39, 0.29) is 30.1 Å². The van der Waals surface area contributed by atoms with Crippen molar-refractivity contribution in [2.45, 2.75) is 71.0 Å². The first-order valence-corrected chi connectivity index (χ1v) is 10.8. The molecule has 2 aromatic carbocycles. The first-order valence-electron chi connectivity index (χ1n) is 10.8. The van der Waals surface area contributed by atoms with E-state index in [1.165, 1.54) is 18.6 Å². The minimum Gasteiger partial charge on any atom is -0.352 e. The molecular formula is C25H31FN2O2. The van der Waals surface area contributed by atoms with E-state index in [0.29, 0.717) is 6.54 Å². The molecule has 1 atom stereocenters. The van der Waals surface area contributed by atoms with Gasteiger partial charge in [0.15, 0.2) is 0 Å². The fourth-order valence-corrected chi connectivity index (χ4v) is 3.92. The molecule has 160 valence electrons. The molecule has 0 unspecified atom stereocenters. The molecule has 0 bridgehead atoms. The predicted octanol–water partition coefficient (Wildman–Crippen LogP) is 4.54. The third-order valence-electron chi connectivity index (χ3n) is 5.86. The van der Waals surface area contributed by atoms with Crippen LogP contribution in [0.15, 0.2) is 48.5 Å². The highest BCUT2D eigenvalue weighted by Gasteiger charge is 2.28. The Kier molecular flexibility index (Phi) is 7.61. The second-order valence-corrected chi connectivity index (χ2v) is 8.33. The van der Waals surface area contributed by atoms with E-state index in [9.17, 15) is 14.0 Å². The largest absolute Gasteiger partial charge is 0.352 e. The summed E-state index contributed by atoms with van der Waals surface area (Å²) in [5.74, 6) is -0.585. The van der Waals surface area contributed by atoms with E-state index in [1.54, 1.807) is 24.0 Å². The summed E-state index contributed by atoms with van der Waals surface area (Å²) < 4.78 is 13.2. The van der Waals surface area contributed by atoms with E-state index in [2.05, 4.69) is 5.32 Å². The van der Waals surface area contributed by atoms with Gasteiger partial charge in [-0.3, -0.25) is 9.59 Å². The maximum absolute atomic E-state index is 13.2. The summed E-state index contributed by atoms with van der Waals surface area (Å²) in [7, 11) is 0. The number of nitrogens with zero attached hydrogens (tertiary/aromatic N) is 1. The number of rotatable bonds is 7. The zero-order chi connectivity index (χ0) is 21.5. The predicted molar refractivity (Wildman–Crippen MR) is 116 cm³/mol. The summed E-state index contributed by atoms with van der Waals surface area (Å²) in [4.78, 5) is 27.7. The number of carbonyl (C=O) groups is 2. The molecule has 0 aromatic heterocycles. The molecule has 1 aliphatic rings. The molecule has 0 aliphatic heterocycles. The van der Waals surface area contributed by atoms with Gasteiger partial charge < -0.3 is 10.2 Å². The summed E-state index contributed by atoms with van der Waals surface area (Å²) in [5, 5.41) is 3.14. The number of nitrogens with one attached hydrogen (secondary N) is 1. The Balaban J connectivity index is 1.74. The lowest BCUT2D eigenvalue weighted by Gasteiger charge is -2.31. The minimum absolute atomic E-state index is 0.110. The third kappa shape index (κ3) is 6.15. The quantitative estimate of drug-likeness (QED) is 0.728. The smallest absolute Gasteiger partial charge is 0.242 e. The topological polar surface area (TPSA) is 49.4 Å². The molecule has 2 aromatic rings. The molecule has 30 heavy (non-hydrogen) atoms. The number of halogens is 1. The van der Waals surface area contributed by atoms with Gasteiger partial charge in [-0.1, -0.05) is 61.2 Å². The third-order valence-corrected chi connectivity index (χ3v) is 5.86. The van der Waals surface area contributed by atoms with Crippen molar-refractivity contribution in [3.05, 3.63) is 71.0 Å². The SMILES string of the molecule is Cc1ccc(CN(C(=O)Cc2ccc(F)cc2)[C@@H](C)C(=O)NC2CCCCC2)cc1. The van der Waals surface area contributed by atoms with Gasteiger partial charge in [-0.2, -0.15) is 0 Å². The number of carbonyl (C=O) groups excluding carboxylic acids is 2. The second-order valence-electron chi connectivity index (χ2n) is 8.33. The van der Waals surface area contributed by atoms with Crippen molar-refractivity contribution in [1.82, 2.24) is 10.2 Å². The van der Waals surface area contributed by atoms with E-state index in [0.717, 1.165) is 42.4 Å². The highest BCUT2D eigenvalue weighted by Crippen LogP contribution is 2.19.